The quantitative estimate of drug-likeness (QED) is 0.548. The summed E-state index contributed by atoms with van der Waals surface area (Å²) in [5.41, 5.74) is -0.598. The first kappa shape index (κ1) is 17.5. The topological polar surface area (TPSA) is 65.2 Å². The number of phenolic OH excluding ortho intramolecular Hbond substituents is 2. The summed E-state index contributed by atoms with van der Waals surface area (Å²) in [6.07, 6.45) is -4.70. The molecule has 0 saturated carbocycles. The largest absolute Gasteiger partial charge is 0.506 e. The monoisotopic (exact) mass is 358 g/mol. The van der Waals surface area contributed by atoms with E-state index in [0.29, 0.717) is 11.1 Å². The summed E-state index contributed by atoms with van der Waals surface area (Å²) in [6.45, 7) is 0. The van der Waals surface area contributed by atoms with Crippen molar-refractivity contribution in [1.29, 1.82) is 0 Å². The van der Waals surface area contributed by atoms with Gasteiger partial charge in [0.05, 0.1) is 5.56 Å². The molecule has 2 N–H and O–H groups in total. The lowest BCUT2D eigenvalue weighted by atomic mass is 10.0. The zero-order valence-corrected chi connectivity index (χ0v) is 13.3. The van der Waals surface area contributed by atoms with Gasteiger partial charge in [0.2, 0.25) is 0 Å². The van der Waals surface area contributed by atoms with E-state index in [0.717, 1.165) is 18.2 Å². The fraction of sp³-hybridized carbons (Fsp3) is 0.0526. The molecule has 0 atom stereocenters. The third kappa shape index (κ3) is 3.51. The van der Waals surface area contributed by atoms with Gasteiger partial charge in [-0.3, -0.25) is 0 Å². The first-order valence-electron chi connectivity index (χ1n) is 7.56. The third-order valence-electron chi connectivity index (χ3n) is 3.67. The van der Waals surface area contributed by atoms with Gasteiger partial charge < -0.3 is 10.2 Å². The second-order valence-corrected chi connectivity index (χ2v) is 5.41. The van der Waals surface area contributed by atoms with Gasteiger partial charge in [-0.15, -0.1) is 10.2 Å². The van der Waals surface area contributed by atoms with Gasteiger partial charge in [0.1, 0.15) is 22.9 Å². The van der Waals surface area contributed by atoms with E-state index in [1.54, 1.807) is 36.4 Å². The Bertz CT molecular complexity index is 955. The Morgan fingerprint density at radius 2 is 1.23 bits per heavy atom. The second-order valence-electron chi connectivity index (χ2n) is 5.41. The SMILES string of the molecule is Oc1cccc(-c2ccccc2)c1N=Nc1c(O)cccc1C(F)(F)F. The van der Waals surface area contributed by atoms with Crippen molar-refractivity contribution >= 4 is 11.4 Å². The number of azo groups is 1. The van der Waals surface area contributed by atoms with E-state index in [1.165, 1.54) is 6.07 Å². The first-order valence-corrected chi connectivity index (χ1v) is 7.56. The van der Waals surface area contributed by atoms with E-state index in [9.17, 15) is 23.4 Å². The van der Waals surface area contributed by atoms with Crippen molar-refractivity contribution in [2.24, 2.45) is 10.2 Å². The van der Waals surface area contributed by atoms with Crippen LogP contribution in [0.5, 0.6) is 11.5 Å². The van der Waals surface area contributed by atoms with Crippen molar-refractivity contribution in [1.82, 2.24) is 0 Å². The number of nitrogens with zero attached hydrogens (tertiary/aromatic N) is 2. The molecule has 4 nitrogen and oxygen atoms in total. The first-order chi connectivity index (χ1) is 12.4. The number of hydrogen-bond acceptors (Lipinski definition) is 4. The van der Waals surface area contributed by atoms with Crippen LogP contribution < -0.4 is 0 Å². The van der Waals surface area contributed by atoms with Crippen LogP contribution >= 0.6 is 0 Å². The predicted octanol–water partition coefficient (Wildman–Crippen LogP) is 6.20. The molecule has 0 aliphatic heterocycles. The number of halogens is 3. The normalized spacial score (nSPS) is 11.8. The lowest BCUT2D eigenvalue weighted by Gasteiger charge is -2.11. The lowest BCUT2D eigenvalue weighted by molar-refractivity contribution is -0.137. The Kier molecular flexibility index (Phi) is 4.62. The van der Waals surface area contributed by atoms with E-state index >= 15 is 0 Å². The maximum atomic E-state index is 13.1. The van der Waals surface area contributed by atoms with Crippen LogP contribution in [0.3, 0.4) is 0 Å². The summed E-state index contributed by atoms with van der Waals surface area (Å²) in [5, 5.41) is 27.2. The lowest BCUT2D eigenvalue weighted by Crippen LogP contribution is -2.04. The standard InChI is InChI=1S/C19H13F3N2O2/c20-19(21,22)14-9-5-11-16(26)18(14)24-23-17-13(8-4-10-15(17)25)12-6-2-1-3-7-12/h1-11,25-26H. The molecule has 3 rings (SSSR count). The highest BCUT2D eigenvalue weighted by Crippen LogP contribution is 2.43. The highest BCUT2D eigenvalue weighted by atomic mass is 19.4. The molecule has 0 unspecified atom stereocenters. The summed E-state index contributed by atoms with van der Waals surface area (Å²) >= 11 is 0. The van der Waals surface area contributed by atoms with E-state index in [-0.39, 0.29) is 11.4 Å². The van der Waals surface area contributed by atoms with Crippen LogP contribution in [0.2, 0.25) is 0 Å². The molecule has 3 aromatic carbocycles. The summed E-state index contributed by atoms with van der Waals surface area (Å²) in [4.78, 5) is 0. The highest BCUT2D eigenvalue weighted by molar-refractivity contribution is 5.79. The average Bonchev–Trinajstić information content (AvgIpc) is 2.61. The number of alkyl halides is 3. The van der Waals surface area contributed by atoms with Crippen molar-refractivity contribution in [3.8, 4) is 22.6 Å². The molecular weight excluding hydrogens is 345 g/mol. The zero-order chi connectivity index (χ0) is 18.7. The molecule has 132 valence electrons. The fourth-order valence-electron chi connectivity index (χ4n) is 2.45. The Hall–Kier alpha value is -3.35. The number of hydrogen-bond donors (Lipinski definition) is 2. The van der Waals surface area contributed by atoms with Crippen LogP contribution in [0.1, 0.15) is 5.56 Å². The molecule has 0 saturated heterocycles. The maximum Gasteiger partial charge on any atom is 0.418 e. The molecule has 0 heterocycles. The van der Waals surface area contributed by atoms with Crippen LogP contribution in [-0.2, 0) is 6.18 Å². The van der Waals surface area contributed by atoms with Crippen molar-refractivity contribution in [2.75, 3.05) is 0 Å². The number of aromatic hydroxyl groups is 2. The molecule has 0 aliphatic carbocycles. The van der Waals surface area contributed by atoms with Crippen molar-refractivity contribution < 1.29 is 23.4 Å². The minimum absolute atomic E-state index is 0.00933. The van der Waals surface area contributed by atoms with Crippen LogP contribution in [0.4, 0.5) is 24.5 Å². The Morgan fingerprint density at radius 1 is 0.654 bits per heavy atom. The van der Waals surface area contributed by atoms with Crippen molar-refractivity contribution in [3.63, 3.8) is 0 Å². The van der Waals surface area contributed by atoms with E-state index in [1.807, 2.05) is 6.07 Å². The van der Waals surface area contributed by atoms with Gasteiger partial charge in [-0.2, -0.15) is 13.2 Å². The van der Waals surface area contributed by atoms with Gasteiger partial charge in [-0.25, -0.2) is 0 Å². The summed E-state index contributed by atoms with van der Waals surface area (Å²) in [7, 11) is 0. The van der Waals surface area contributed by atoms with Crippen LogP contribution in [-0.4, -0.2) is 10.2 Å². The molecule has 0 aromatic heterocycles. The highest BCUT2D eigenvalue weighted by Gasteiger charge is 2.34. The molecular formula is C19H13F3N2O2. The average molecular weight is 358 g/mol. The molecule has 0 spiro atoms. The molecule has 0 radical (unpaired) electrons. The van der Waals surface area contributed by atoms with Crippen LogP contribution in [0.25, 0.3) is 11.1 Å². The smallest absolute Gasteiger partial charge is 0.418 e. The Morgan fingerprint density at radius 3 is 1.88 bits per heavy atom. The number of phenols is 2. The third-order valence-corrected chi connectivity index (χ3v) is 3.67. The summed E-state index contributed by atoms with van der Waals surface area (Å²) in [6, 6.07) is 16.5. The van der Waals surface area contributed by atoms with Gasteiger partial charge >= 0.3 is 6.18 Å². The molecule has 0 amide bonds. The van der Waals surface area contributed by atoms with Gasteiger partial charge in [0.25, 0.3) is 0 Å². The molecule has 0 bridgehead atoms. The van der Waals surface area contributed by atoms with E-state index in [4.69, 9.17) is 0 Å². The predicted molar refractivity (Wildman–Crippen MR) is 90.8 cm³/mol. The number of benzene rings is 3. The second kappa shape index (κ2) is 6.87. The minimum Gasteiger partial charge on any atom is -0.506 e. The molecule has 3 aromatic rings. The molecule has 0 aliphatic rings. The van der Waals surface area contributed by atoms with E-state index in [2.05, 4.69) is 10.2 Å². The summed E-state index contributed by atoms with van der Waals surface area (Å²) < 4.78 is 39.3. The maximum absolute atomic E-state index is 13.1. The van der Waals surface area contributed by atoms with E-state index < -0.39 is 23.2 Å². The van der Waals surface area contributed by atoms with Crippen molar-refractivity contribution in [2.45, 2.75) is 6.18 Å². The number of rotatable bonds is 3. The molecule has 0 fully saturated rings. The Labute approximate surface area is 146 Å². The molecule has 26 heavy (non-hydrogen) atoms. The summed E-state index contributed by atoms with van der Waals surface area (Å²) in [5.74, 6) is -0.890. The zero-order valence-electron chi connectivity index (χ0n) is 13.3. The fourth-order valence-corrected chi connectivity index (χ4v) is 2.45. The van der Waals surface area contributed by atoms with Gasteiger partial charge in [-0.05, 0) is 23.8 Å². The molecule has 7 heteroatoms. The van der Waals surface area contributed by atoms with Crippen molar-refractivity contribution in [3.05, 3.63) is 72.3 Å². The Balaban J connectivity index is 2.12. The van der Waals surface area contributed by atoms with Gasteiger partial charge in [0.15, 0.2) is 0 Å². The van der Waals surface area contributed by atoms with Crippen LogP contribution in [0.15, 0.2) is 77.0 Å². The van der Waals surface area contributed by atoms with Gasteiger partial charge in [-0.1, -0.05) is 48.5 Å². The minimum atomic E-state index is -4.70. The van der Waals surface area contributed by atoms with Gasteiger partial charge in [0, 0.05) is 5.56 Å². The van der Waals surface area contributed by atoms with Crippen LogP contribution in [0, 0.1) is 0 Å².